The van der Waals surface area contributed by atoms with E-state index in [0.717, 1.165) is 17.7 Å². The Bertz CT molecular complexity index is 456. The molecule has 0 aliphatic rings. The first kappa shape index (κ1) is 13.8. The average Bonchev–Trinajstić information content (AvgIpc) is 2.48. The molecule has 1 N–H and O–H groups in total. The van der Waals surface area contributed by atoms with E-state index in [2.05, 4.69) is 18.8 Å². The quantitative estimate of drug-likeness (QED) is 0.882. The number of aliphatic hydroxyl groups is 1. The number of hydrogen-bond donors (Lipinski definition) is 1. The standard InChI is InChI=1S/C17H21NO/c1-3-14(2)13-17(19,15-9-5-4-6-10-15)16-11-7-8-12-18-16/h4-12,14,19H,3,13H2,1-2H3. The molecule has 100 valence electrons. The zero-order valence-electron chi connectivity index (χ0n) is 11.6. The smallest absolute Gasteiger partial charge is 0.132 e. The summed E-state index contributed by atoms with van der Waals surface area (Å²) in [7, 11) is 0. The summed E-state index contributed by atoms with van der Waals surface area (Å²) in [5, 5.41) is 11.2. The van der Waals surface area contributed by atoms with Crippen LogP contribution in [0.15, 0.2) is 54.7 Å². The molecule has 0 aliphatic carbocycles. The van der Waals surface area contributed by atoms with Gasteiger partial charge in [0.15, 0.2) is 0 Å². The summed E-state index contributed by atoms with van der Waals surface area (Å²) in [5.41, 5.74) is 0.633. The summed E-state index contributed by atoms with van der Waals surface area (Å²) < 4.78 is 0. The van der Waals surface area contributed by atoms with Gasteiger partial charge in [0.25, 0.3) is 0 Å². The van der Waals surface area contributed by atoms with Gasteiger partial charge < -0.3 is 5.11 Å². The molecule has 0 saturated carbocycles. The molecular weight excluding hydrogens is 234 g/mol. The Balaban J connectivity index is 2.44. The van der Waals surface area contributed by atoms with Crippen molar-refractivity contribution in [1.82, 2.24) is 4.98 Å². The molecule has 2 aromatic rings. The summed E-state index contributed by atoms with van der Waals surface area (Å²) in [6.45, 7) is 4.31. The lowest BCUT2D eigenvalue weighted by molar-refractivity contribution is 0.0499. The molecule has 2 unspecified atom stereocenters. The fraction of sp³-hybridized carbons (Fsp3) is 0.353. The second-order valence-electron chi connectivity index (χ2n) is 5.16. The zero-order chi connectivity index (χ0) is 13.7. The van der Waals surface area contributed by atoms with Crippen molar-refractivity contribution >= 4 is 0 Å². The minimum Gasteiger partial charge on any atom is -0.379 e. The monoisotopic (exact) mass is 255 g/mol. The lowest BCUT2D eigenvalue weighted by Gasteiger charge is -2.30. The predicted octanol–water partition coefficient (Wildman–Crippen LogP) is 3.75. The SMILES string of the molecule is CCC(C)CC(O)(c1ccccc1)c1ccccn1. The molecule has 0 spiro atoms. The fourth-order valence-electron chi connectivity index (χ4n) is 2.34. The Kier molecular flexibility index (Phi) is 4.33. The second-order valence-corrected chi connectivity index (χ2v) is 5.16. The van der Waals surface area contributed by atoms with Gasteiger partial charge in [-0.05, 0) is 30.0 Å². The molecule has 0 bridgehead atoms. The topological polar surface area (TPSA) is 33.1 Å². The number of pyridine rings is 1. The number of rotatable bonds is 5. The highest BCUT2D eigenvalue weighted by Crippen LogP contribution is 2.35. The van der Waals surface area contributed by atoms with E-state index in [1.54, 1.807) is 6.20 Å². The molecule has 2 nitrogen and oxygen atoms in total. The van der Waals surface area contributed by atoms with Gasteiger partial charge in [0, 0.05) is 6.20 Å². The molecule has 0 saturated heterocycles. The van der Waals surface area contributed by atoms with Gasteiger partial charge >= 0.3 is 0 Å². The van der Waals surface area contributed by atoms with Crippen LogP contribution in [0.1, 0.15) is 37.9 Å². The maximum atomic E-state index is 11.2. The van der Waals surface area contributed by atoms with Gasteiger partial charge in [0.2, 0.25) is 0 Å². The van der Waals surface area contributed by atoms with Crippen LogP contribution in [0.25, 0.3) is 0 Å². The summed E-state index contributed by atoms with van der Waals surface area (Å²) in [6, 6.07) is 15.5. The normalized spacial score (nSPS) is 15.7. The molecule has 0 fully saturated rings. The van der Waals surface area contributed by atoms with Crippen LogP contribution in [0.5, 0.6) is 0 Å². The van der Waals surface area contributed by atoms with E-state index >= 15 is 0 Å². The Morgan fingerprint density at radius 3 is 2.37 bits per heavy atom. The number of aromatic nitrogens is 1. The van der Waals surface area contributed by atoms with Gasteiger partial charge in [0.1, 0.15) is 5.60 Å². The molecule has 2 rings (SSSR count). The molecular formula is C17H21NO. The molecule has 0 amide bonds. The van der Waals surface area contributed by atoms with Crippen molar-refractivity contribution in [2.24, 2.45) is 5.92 Å². The van der Waals surface area contributed by atoms with E-state index in [1.807, 2.05) is 48.5 Å². The lowest BCUT2D eigenvalue weighted by atomic mass is 9.81. The Labute approximate surface area is 115 Å². The Morgan fingerprint density at radius 1 is 1.11 bits per heavy atom. The Hall–Kier alpha value is -1.67. The molecule has 1 aromatic carbocycles. The van der Waals surface area contributed by atoms with Crippen LogP contribution in [0.4, 0.5) is 0 Å². The minimum atomic E-state index is -1.00. The summed E-state index contributed by atoms with van der Waals surface area (Å²) in [4.78, 5) is 4.36. The van der Waals surface area contributed by atoms with Gasteiger partial charge in [-0.1, -0.05) is 56.7 Å². The van der Waals surface area contributed by atoms with Crippen molar-refractivity contribution in [2.75, 3.05) is 0 Å². The van der Waals surface area contributed by atoms with E-state index < -0.39 is 5.60 Å². The van der Waals surface area contributed by atoms with Crippen molar-refractivity contribution in [3.8, 4) is 0 Å². The maximum absolute atomic E-state index is 11.2. The first-order chi connectivity index (χ1) is 9.16. The lowest BCUT2D eigenvalue weighted by Crippen LogP contribution is -2.30. The maximum Gasteiger partial charge on any atom is 0.132 e. The van der Waals surface area contributed by atoms with Crippen LogP contribution < -0.4 is 0 Å². The van der Waals surface area contributed by atoms with Crippen LogP contribution in [-0.4, -0.2) is 10.1 Å². The second kappa shape index (κ2) is 5.98. The molecule has 2 atom stereocenters. The predicted molar refractivity (Wildman–Crippen MR) is 77.7 cm³/mol. The largest absolute Gasteiger partial charge is 0.379 e. The number of nitrogens with zero attached hydrogens (tertiary/aromatic N) is 1. The van der Waals surface area contributed by atoms with Crippen LogP contribution in [0.2, 0.25) is 0 Å². The molecule has 1 aromatic heterocycles. The summed E-state index contributed by atoms with van der Waals surface area (Å²) >= 11 is 0. The molecule has 19 heavy (non-hydrogen) atoms. The molecule has 1 heterocycles. The van der Waals surface area contributed by atoms with E-state index in [1.165, 1.54) is 0 Å². The van der Waals surface area contributed by atoms with Gasteiger partial charge in [-0.2, -0.15) is 0 Å². The summed E-state index contributed by atoms with van der Waals surface area (Å²) in [5.74, 6) is 0.437. The van der Waals surface area contributed by atoms with Crippen LogP contribution in [0, 0.1) is 5.92 Å². The van der Waals surface area contributed by atoms with Gasteiger partial charge in [0.05, 0.1) is 5.69 Å². The van der Waals surface area contributed by atoms with Gasteiger partial charge in [-0.3, -0.25) is 4.98 Å². The number of hydrogen-bond acceptors (Lipinski definition) is 2. The number of benzene rings is 1. The van der Waals surface area contributed by atoms with Crippen LogP contribution >= 0.6 is 0 Å². The zero-order valence-corrected chi connectivity index (χ0v) is 11.6. The molecule has 2 heteroatoms. The van der Waals surface area contributed by atoms with E-state index in [0.29, 0.717) is 12.3 Å². The van der Waals surface area contributed by atoms with Crippen molar-refractivity contribution in [3.05, 3.63) is 66.0 Å². The molecule has 0 aliphatic heterocycles. The molecule has 0 radical (unpaired) electrons. The first-order valence-electron chi connectivity index (χ1n) is 6.86. The minimum absolute atomic E-state index is 0.437. The highest BCUT2D eigenvalue weighted by Gasteiger charge is 2.33. The third-order valence-electron chi connectivity index (χ3n) is 3.68. The van der Waals surface area contributed by atoms with Gasteiger partial charge in [-0.25, -0.2) is 0 Å². The third kappa shape index (κ3) is 3.02. The Morgan fingerprint density at radius 2 is 1.79 bits per heavy atom. The fourth-order valence-corrected chi connectivity index (χ4v) is 2.34. The van der Waals surface area contributed by atoms with Crippen molar-refractivity contribution in [3.63, 3.8) is 0 Å². The third-order valence-corrected chi connectivity index (χ3v) is 3.68. The van der Waals surface area contributed by atoms with Crippen LogP contribution in [0.3, 0.4) is 0 Å². The van der Waals surface area contributed by atoms with Crippen molar-refractivity contribution in [1.29, 1.82) is 0 Å². The van der Waals surface area contributed by atoms with Crippen LogP contribution in [-0.2, 0) is 5.60 Å². The van der Waals surface area contributed by atoms with Crippen molar-refractivity contribution < 1.29 is 5.11 Å². The highest BCUT2D eigenvalue weighted by atomic mass is 16.3. The van der Waals surface area contributed by atoms with E-state index in [9.17, 15) is 5.11 Å². The average molecular weight is 255 g/mol. The van der Waals surface area contributed by atoms with Gasteiger partial charge in [-0.15, -0.1) is 0 Å². The van der Waals surface area contributed by atoms with Crippen molar-refractivity contribution in [2.45, 2.75) is 32.3 Å². The summed E-state index contributed by atoms with van der Waals surface area (Å²) in [6.07, 6.45) is 3.46. The first-order valence-corrected chi connectivity index (χ1v) is 6.86. The highest BCUT2D eigenvalue weighted by molar-refractivity contribution is 5.32. The van der Waals surface area contributed by atoms with E-state index in [-0.39, 0.29) is 0 Å². The van der Waals surface area contributed by atoms with E-state index in [4.69, 9.17) is 0 Å².